The summed E-state index contributed by atoms with van der Waals surface area (Å²) in [7, 11) is -3.74. The Labute approximate surface area is 297 Å². The second-order valence-corrected chi connectivity index (χ2v) is 14.5. The van der Waals surface area contributed by atoms with E-state index in [0.29, 0.717) is 42.4 Å². The summed E-state index contributed by atoms with van der Waals surface area (Å²) >= 11 is 0. The number of carbonyl (C=O) groups is 2. The summed E-state index contributed by atoms with van der Waals surface area (Å²) in [6.45, 7) is 2.13. The van der Waals surface area contributed by atoms with Crippen molar-refractivity contribution < 1.29 is 18.0 Å². The lowest BCUT2D eigenvalue weighted by atomic mass is 9.81. The zero-order valence-corrected chi connectivity index (χ0v) is 29.2. The number of nitrogens with zero attached hydrogens (tertiary/aromatic N) is 5. The first-order valence-electron chi connectivity index (χ1n) is 16.7. The molecule has 1 saturated heterocycles. The maximum absolute atomic E-state index is 14.2. The summed E-state index contributed by atoms with van der Waals surface area (Å²) in [5, 5.41) is 17.2. The average molecular weight is 723 g/mol. The van der Waals surface area contributed by atoms with Gasteiger partial charge in [-0.3, -0.25) is 19.5 Å². The van der Waals surface area contributed by atoms with Crippen molar-refractivity contribution in [3.63, 3.8) is 0 Å². The van der Waals surface area contributed by atoms with Crippen LogP contribution in [-0.2, 0) is 26.0 Å². The molecule has 2 fully saturated rings. The number of rotatable bonds is 12. The van der Waals surface area contributed by atoms with Crippen LogP contribution in [0.4, 0.5) is 5.69 Å². The van der Waals surface area contributed by atoms with Crippen molar-refractivity contribution in [2.75, 3.05) is 24.5 Å². The molecule has 7 N–H and O–H groups in total. The van der Waals surface area contributed by atoms with Crippen molar-refractivity contribution in [2.45, 2.75) is 61.9 Å². The van der Waals surface area contributed by atoms with Crippen LogP contribution in [0.1, 0.15) is 44.1 Å². The Morgan fingerprint density at radius 1 is 0.920 bits per heavy atom. The summed E-state index contributed by atoms with van der Waals surface area (Å²) in [6, 6.07) is 15.1. The summed E-state index contributed by atoms with van der Waals surface area (Å²) in [4.78, 5) is 33.2. The molecule has 0 spiro atoms. The molecular weight excluding hydrogens is 680 g/mol. The molecule has 1 aliphatic heterocycles. The van der Waals surface area contributed by atoms with E-state index in [-0.39, 0.29) is 41.6 Å². The number of halogens is 1. The quantitative estimate of drug-likeness (QED) is 0.144. The zero-order valence-electron chi connectivity index (χ0n) is 27.6. The van der Waals surface area contributed by atoms with E-state index >= 15 is 0 Å². The van der Waals surface area contributed by atoms with E-state index in [0.717, 1.165) is 55.5 Å². The van der Waals surface area contributed by atoms with Gasteiger partial charge >= 0.3 is 0 Å². The lowest BCUT2D eigenvalue weighted by Gasteiger charge is -2.35. The number of amides is 2. The Morgan fingerprint density at radius 2 is 1.60 bits per heavy atom. The van der Waals surface area contributed by atoms with Crippen LogP contribution in [0, 0.1) is 11.8 Å². The van der Waals surface area contributed by atoms with Gasteiger partial charge in [-0.15, -0.1) is 17.5 Å². The number of primary amides is 1. The van der Waals surface area contributed by atoms with Crippen molar-refractivity contribution in [2.24, 2.45) is 23.3 Å². The van der Waals surface area contributed by atoms with Gasteiger partial charge in [-0.2, -0.15) is 0 Å². The maximum atomic E-state index is 14.2. The van der Waals surface area contributed by atoms with Gasteiger partial charge in [0.15, 0.2) is 5.82 Å². The van der Waals surface area contributed by atoms with E-state index in [1.807, 2.05) is 24.3 Å². The van der Waals surface area contributed by atoms with Crippen LogP contribution in [-0.4, -0.2) is 77.6 Å². The summed E-state index contributed by atoms with van der Waals surface area (Å²) in [5.41, 5.74) is 15.4. The Kier molecular flexibility index (Phi) is 12.3. The highest BCUT2D eigenvalue weighted by atomic mass is 35.5. The van der Waals surface area contributed by atoms with Crippen molar-refractivity contribution in [3.05, 3.63) is 72.6 Å². The molecule has 14 nitrogen and oxygen atoms in total. The molecule has 1 aliphatic carbocycles. The van der Waals surface area contributed by atoms with E-state index in [2.05, 4.69) is 35.6 Å². The van der Waals surface area contributed by atoms with Gasteiger partial charge < -0.3 is 16.8 Å². The standard InChI is InChI=1S/C34H42N10O4S.ClH/c35-19-23-3-7-26(8-4-23)34(46)44(29-11-9-25(10-12-29)33-39-42-43-40-33)31(32(36)45)17-22-1-5-24(6-2-22)27-18-30(21-38-20-27)49(47,48)41-28-13-15-37-16-14-28;/h1-2,5-6,9-12,18,20-21,23,26,28,31,37,41H,3-4,7-8,13-17,19,35H2,(H2,36,45)(H,39,40,42,43);1H/t23-,26-,31-;/m0./s1. The number of tetrazole rings is 1. The van der Waals surface area contributed by atoms with Gasteiger partial charge in [0.05, 0.1) is 0 Å². The van der Waals surface area contributed by atoms with Crippen LogP contribution in [0.2, 0.25) is 0 Å². The van der Waals surface area contributed by atoms with E-state index in [4.69, 9.17) is 11.5 Å². The van der Waals surface area contributed by atoms with Crippen LogP contribution >= 0.6 is 12.4 Å². The van der Waals surface area contributed by atoms with Gasteiger partial charge in [-0.1, -0.05) is 24.3 Å². The molecule has 0 bridgehead atoms. The van der Waals surface area contributed by atoms with E-state index in [9.17, 15) is 18.0 Å². The fraction of sp³-hybridized carbons (Fsp3) is 0.412. The number of aromatic amines is 1. The number of aromatic nitrogens is 5. The number of hydrogen-bond acceptors (Lipinski definition) is 10. The molecule has 1 saturated carbocycles. The van der Waals surface area contributed by atoms with E-state index < -0.39 is 22.0 Å². The molecule has 16 heteroatoms. The van der Waals surface area contributed by atoms with E-state index in [1.165, 1.54) is 6.20 Å². The van der Waals surface area contributed by atoms with Gasteiger partial charge in [-0.05, 0) is 116 Å². The molecule has 3 heterocycles. The molecule has 1 atom stereocenters. The second kappa shape index (κ2) is 16.6. The van der Waals surface area contributed by atoms with Crippen molar-refractivity contribution in [1.82, 2.24) is 35.6 Å². The number of hydrogen-bond donors (Lipinski definition) is 5. The first-order valence-corrected chi connectivity index (χ1v) is 18.1. The highest BCUT2D eigenvalue weighted by molar-refractivity contribution is 7.89. The Hall–Kier alpha value is -4.28. The van der Waals surface area contributed by atoms with Gasteiger partial charge in [-0.25, -0.2) is 18.2 Å². The molecule has 2 amide bonds. The Morgan fingerprint density at radius 3 is 2.22 bits per heavy atom. The van der Waals surface area contributed by atoms with Gasteiger partial charge in [0, 0.05) is 47.6 Å². The largest absolute Gasteiger partial charge is 0.368 e. The third-order valence-electron chi connectivity index (χ3n) is 9.57. The molecule has 2 aliphatic rings. The summed E-state index contributed by atoms with van der Waals surface area (Å²) < 4.78 is 29.0. The smallest absolute Gasteiger partial charge is 0.242 e. The second-order valence-electron chi connectivity index (χ2n) is 12.8. The number of carbonyl (C=O) groups excluding carboxylic acids is 2. The van der Waals surface area contributed by atoms with Crippen LogP contribution in [0.3, 0.4) is 0 Å². The van der Waals surface area contributed by atoms with Crippen LogP contribution < -0.4 is 26.4 Å². The van der Waals surface area contributed by atoms with E-state index in [1.54, 1.807) is 41.4 Å². The van der Waals surface area contributed by atoms with Gasteiger partial charge in [0.25, 0.3) is 0 Å². The lowest BCUT2D eigenvalue weighted by Crippen LogP contribution is -2.52. The van der Waals surface area contributed by atoms with Crippen molar-refractivity contribution >= 4 is 39.9 Å². The topological polar surface area (TPSA) is 215 Å². The van der Waals surface area contributed by atoms with Crippen LogP contribution in [0.25, 0.3) is 22.5 Å². The van der Waals surface area contributed by atoms with Crippen LogP contribution in [0.15, 0.2) is 71.9 Å². The van der Waals surface area contributed by atoms with Crippen molar-refractivity contribution in [1.29, 1.82) is 0 Å². The molecule has 0 unspecified atom stereocenters. The molecule has 2 aromatic carbocycles. The molecule has 2 aromatic heterocycles. The highest BCUT2D eigenvalue weighted by Crippen LogP contribution is 2.33. The van der Waals surface area contributed by atoms with Gasteiger partial charge in [0.1, 0.15) is 10.9 Å². The normalized spacial score (nSPS) is 18.9. The van der Waals surface area contributed by atoms with Crippen molar-refractivity contribution in [3.8, 4) is 22.5 Å². The molecule has 4 aromatic rings. The number of H-pyrrole nitrogens is 1. The number of benzene rings is 2. The predicted octanol–water partition coefficient (Wildman–Crippen LogP) is 2.58. The average Bonchev–Trinajstić information content (AvgIpc) is 3.68. The first kappa shape index (κ1) is 37.0. The summed E-state index contributed by atoms with van der Waals surface area (Å²) in [5.74, 6) is -0.162. The number of sulfonamides is 1. The molecule has 6 rings (SSSR count). The monoisotopic (exact) mass is 722 g/mol. The number of anilines is 1. The fourth-order valence-electron chi connectivity index (χ4n) is 6.69. The molecule has 266 valence electrons. The number of piperidine rings is 1. The SMILES string of the molecule is Cl.NC[C@H]1CC[C@H](C(=O)N(c2ccc(-c3nnn[nH]3)cc2)[C@@H](Cc2ccc(-c3cncc(S(=O)(=O)NC4CCNCC4)c3)cc2)C(N)=O)CC1. The minimum atomic E-state index is -3.74. The lowest BCUT2D eigenvalue weighted by molar-refractivity contribution is -0.127. The molecule has 0 radical (unpaired) electrons. The van der Waals surface area contributed by atoms with Crippen LogP contribution in [0.5, 0.6) is 0 Å². The first-order chi connectivity index (χ1) is 23.7. The minimum absolute atomic E-state index is 0. The maximum Gasteiger partial charge on any atom is 0.242 e. The van der Waals surface area contributed by atoms with Gasteiger partial charge in [0.2, 0.25) is 21.8 Å². The Bertz CT molecular complexity index is 1830. The zero-order chi connectivity index (χ0) is 34.4. The predicted molar refractivity (Wildman–Crippen MR) is 191 cm³/mol. The molecular formula is C34H43ClN10O4S. The third kappa shape index (κ3) is 8.71. The third-order valence-corrected chi connectivity index (χ3v) is 11.1. The highest BCUT2D eigenvalue weighted by Gasteiger charge is 2.36. The summed E-state index contributed by atoms with van der Waals surface area (Å²) in [6.07, 6.45) is 7.68. The number of nitrogens with one attached hydrogen (secondary N) is 3. The number of pyridine rings is 1. The number of nitrogens with two attached hydrogens (primary N) is 2. The fourth-order valence-corrected chi connectivity index (χ4v) is 7.98. The Balaban J connectivity index is 0.00000486. The minimum Gasteiger partial charge on any atom is -0.368 e. The molecule has 50 heavy (non-hydrogen) atoms.